The van der Waals surface area contributed by atoms with Crippen molar-refractivity contribution in [3.05, 3.63) is 26.2 Å². The Morgan fingerprint density at radius 1 is 1.43 bits per heavy atom. The van der Waals surface area contributed by atoms with Gasteiger partial charge in [-0.1, -0.05) is 24.0 Å². The molecular weight excluding hydrogens is 421 g/mol. The van der Waals surface area contributed by atoms with Gasteiger partial charge in [0.1, 0.15) is 4.32 Å². The van der Waals surface area contributed by atoms with Gasteiger partial charge in [0.05, 0.1) is 21.7 Å². The number of hydrogen-bond acceptors (Lipinski definition) is 5. The predicted molar refractivity (Wildman–Crippen MR) is 97.8 cm³/mol. The molecule has 0 radical (unpaired) electrons. The van der Waals surface area contributed by atoms with Crippen LogP contribution in [0.5, 0.6) is 11.5 Å². The summed E-state index contributed by atoms with van der Waals surface area (Å²) in [4.78, 5) is 12.3. The summed E-state index contributed by atoms with van der Waals surface area (Å²) in [5, 5.41) is 2.60. The Morgan fingerprint density at radius 2 is 2.14 bits per heavy atom. The summed E-state index contributed by atoms with van der Waals surface area (Å²) in [5.41, 5.74) is 0.870. The smallest absolute Gasteiger partial charge is 0.263 e. The number of nitrogens with one attached hydrogen (secondary N) is 1. The SMILES string of the molecule is COc1cc(C=C2SC(=S)NC2=O)cc(I)c1OC(C)C. The fourth-order valence-electron chi connectivity index (χ4n) is 1.75. The Bertz CT molecular complexity index is 629. The lowest BCUT2D eigenvalue weighted by Crippen LogP contribution is -2.17. The summed E-state index contributed by atoms with van der Waals surface area (Å²) in [5.74, 6) is 1.20. The second-order valence-electron chi connectivity index (χ2n) is 4.55. The van der Waals surface area contributed by atoms with E-state index in [1.165, 1.54) is 11.8 Å². The Labute approximate surface area is 146 Å². The molecule has 1 aromatic rings. The van der Waals surface area contributed by atoms with Crippen LogP contribution in [-0.2, 0) is 4.79 Å². The molecule has 0 unspecified atom stereocenters. The highest BCUT2D eigenvalue weighted by Gasteiger charge is 2.22. The van der Waals surface area contributed by atoms with E-state index in [-0.39, 0.29) is 12.0 Å². The Morgan fingerprint density at radius 3 is 2.67 bits per heavy atom. The van der Waals surface area contributed by atoms with Gasteiger partial charge in [0, 0.05) is 0 Å². The van der Waals surface area contributed by atoms with Crippen LogP contribution in [0.2, 0.25) is 0 Å². The molecule has 2 rings (SSSR count). The molecule has 1 amide bonds. The zero-order valence-electron chi connectivity index (χ0n) is 11.7. The number of methoxy groups -OCH3 is 1. The standard InChI is InChI=1S/C14H14INO3S2/c1-7(2)19-12-9(15)4-8(5-10(12)18-3)6-11-13(17)16-14(20)21-11/h4-7H,1-3H3,(H,16,17,20). The van der Waals surface area contributed by atoms with Crippen molar-refractivity contribution in [2.75, 3.05) is 7.11 Å². The van der Waals surface area contributed by atoms with Gasteiger partial charge >= 0.3 is 0 Å². The number of amides is 1. The largest absolute Gasteiger partial charge is 0.493 e. The van der Waals surface area contributed by atoms with Gasteiger partial charge < -0.3 is 14.8 Å². The van der Waals surface area contributed by atoms with E-state index in [2.05, 4.69) is 27.9 Å². The lowest BCUT2D eigenvalue weighted by molar-refractivity contribution is -0.115. The van der Waals surface area contributed by atoms with Crippen molar-refractivity contribution in [1.82, 2.24) is 5.32 Å². The highest BCUT2D eigenvalue weighted by atomic mass is 127. The van der Waals surface area contributed by atoms with E-state index in [9.17, 15) is 4.79 Å². The zero-order valence-corrected chi connectivity index (χ0v) is 15.5. The van der Waals surface area contributed by atoms with Crippen molar-refractivity contribution < 1.29 is 14.3 Å². The Balaban J connectivity index is 2.38. The van der Waals surface area contributed by atoms with Gasteiger partial charge in [0.2, 0.25) is 0 Å². The van der Waals surface area contributed by atoms with Gasteiger partial charge in [-0.15, -0.1) is 0 Å². The Kier molecular flexibility index (Phi) is 5.50. The molecule has 112 valence electrons. The number of carbonyl (C=O) groups is 1. The first-order valence-corrected chi connectivity index (χ1v) is 8.50. The molecule has 1 aromatic carbocycles. The highest BCUT2D eigenvalue weighted by molar-refractivity contribution is 14.1. The fraction of sp³-hybridized carbons (Fsp3) is 0.286. The van der Waals surface area contributed by atoms with E-state index in [4.69, 9.17) is 21.7 Å². The summed E-state index contributed by atoms with van der Waals surface area (Å²) < 4.78 is 12.6. The molecular formula is C14H14INO3S2. The van der Waals surface area contributed by atoms with Crippen LogP contribution in [0.3, 0.4) is 0 Å². The maximum Gasteiger partial charge on any atom is 0.263 e. The van der Waals surface area contributed by atoms with Gasteiger partial charge in [0.15, 0.2) is 11.5 Å². The van der Waals surface area contributed by atoms with Crippen LogP contribution >= 0.6 is 46.6 Å². The molecule has 1 saturated heterocycles. The van der Waals surface area contributed by atoms with Crippen molar-refractivity contribution in [2.24, 2.45) is 0 Å². The molecule has 7 heteroatoms. The molecule has 0 saturated carbocycles. The summed E-state index contributed by atoms with van der Waals surface area (Å²) in [7, 11) is 1.60. The minimum atomic E-state index is -0.165. The average molecular weight is 435 g/mol. The molecule has 1 aliphatic rings. The zero-order chi connectivity index (χ0) is 15.6. The number of halogens is 1. The summed E-state index contributed by atoms with van der Waals surface area (Å²) in [6.45, 7) is 3.93. The van der Waals surface area contributed by atoms with Gasteiger partial charge in [0.25, 0.3) is 5.91 Å². The molecule has 0 spiro atoms. The number of ether oxygens (including phenoxy) is 2. The first kappa shape index (κ1) is 16.6. The van der Waals surface area contributed by atoms with Crippen LogP contribution < -0.4 is 14.8 Å². The monoisotopic (exact) mass is 435 g/mol. The number of benzene rings is 1. The lowest BCUT2D eigenvalue weighted by atomic mass is 10.2. The van der Waals surface area contributed by atoms with E-state index >= 15 is 0 Å². The first-order valence-electron chi connectivity index (χ1n) is 6.19. The normalized spacial score (nSPS) is 16.5. The third-order valence-corrected chi connectivity index (χ3v) is 4.51. The average Bonchev–Trinajstić information content (AvgIpc) is 2.70. The molecule has 1 fully saturated rings. The molecule has 0 atom stereocenters. The molecule has 0 aromatic heterocycles. The quantitative estimate of drug-likeness (QED) is 0.445. The summed E-state index contributed by atoms with van der Waals surface area (Å²) in [6, 6.07) is 3.80. The minimum Gasteiger partial charge on any atom is -0.493 e. The van der Waals surface area contributed by atoms with Gasteiger partial charge in [-0.05, 0) is 60.2 Å². The second-order valence-corrected chi connectivity index (χ2v) is 7.43. The second kappa shape index (κ2) is 6.97. The van der Waals surface area contributed by atoms with Crippen molar-refractivity contribution in [3.8, 4) is 11.5 Å². The molecule has 0 bridgehead atoms. The number of thioether (sulfide) groups is 1. The fourth-order valence-corrected chi connectivity index (χ4v) is 3.54. The van der Waals surface area contributed by atoms with Crippen LogP contribution in [0.1, 0.15) is 19.4 Å². The molecule has 1 aliphatic heterocycles. The molecule has 21 heavy (non-hydrogen) atoms. The summed E-state index contributed by atoms with van der Waals surface area (Å²) in [6.07, 6.45) is 1.86. The maximum absolute atomic E-state index is 11.7. The topological polar surface area (TPSA) is 47.6 Å². The molecule has 4 nitrogen and oxygen atoms in total. The van der Waals surface area contributed by atoms with Crippen LogP contribution in [0.4, 0.5) is 0 Å². The number of thiocarbonyl (C=S) groups is 1. The minimum absolute atomic E-state index is 0.0603. The molecule has 1 N–H and O–H groups in total. The third-order valence-electron chi connectivity index (χ3n) is 2.55. The van der Waals surface area contributed by atoms with Crippen molar-refractivity contribution in [1.29, 1.82) is 0 Å². The maximum atomic E-state index is 11.7. The first-order chi connectivity index (χ1) is 9.90. The van der Waals surface area contributed by atoms with Crippen LogP contribution in [0, 0.1) is 3.57 Å². The van der Waals surface area contributed by atoms with Crippen molar-refractivity contribution >= 4 is 62.9 Å². The lowest BCUT2D eigenvalue weighted by Gasteiger charge is -2.16. The van der Waals surface area contributed by atoms with Crippen LogP contribution in [0.15, 0.2) is 17.0 Å². The number of hydrogen-bond donors (Lipinski definition) is 1. The van der Waals surface area contributed by atoms with E-state index in [1.807, 2.05) is 26.0 Å². The van der Waals surface area contributed by atoms with E-state index < -0.39 is 0 Å². The van der Waals surface area contributed by atoms with E-state index in [0.717, 1.165) is 9.13 Å². The van der Waals surface area contributed by atoms with E-state index in [1.54, 1.807) is 13.2 Å². The third kappa shape index (κ3) is 4.10. The Hall–Kier alpha value is -0.800. The number of rotatable bonds is 4. The summed E-state index contributed by atoms with van der Waals surface area (Å²) >= 11 is 8.43. The van der Waals surface area contributed by atoms with E-state index in [0.29, 0.717) is 20.7 Å². The molecule has 0 aliphatic carbocycles. The van der Waals surface area contributed by atoms with Crippen LogP contribution in [0.25, 0.3) is 6.08 Å². The van der Waals surface area contributed by atoms with Crippen molar-refractivity contribution in [3.63, 3.8) is 0 Å². The van der Waals surface area contributed by atoms with Gasteiger partial charge in [-0.25, -0.2) is 0 Å². The highest BCUT2D eigenvalue weighted by Crippen LogP contribution is 2.36. The predicted octanol–water partition coefficient (Wildman–Crippen LogP) is 3.58. The van der Waals surface area contributed by atoms with Crippen LogP contribution in [-0.4, -0.2) is 23.4 Å². The number of carbonyl (C=O) groups excluding carboxylic acids is 1. The van der Waals surface area contributed by atoms with Gasteiger partial charge in [-0.3, -0.25) is 4.79 Å². The molecule has 1 heterocycles. The van der Waals surface area contributed by atoms with Gasteiger partial charge in [-0.2, -0.15) is 0 Å². The van der Waals surface area contributed by atoms with Crippen molar-refractivity contribution in [2.45, 2.75) is 20.0 Å².